The lowest BCUT2D eigenvalue weighted by molar-refractivity contribution is 0.321. The first kappa shape index (κ1) is 12.4. The van der Waals surface area contributed by atoms with Crippen LogP contribution in [-0.4, -0.2) is 22.9 Å². The zero-order valence-corrected chi connectivity index (χ0v) is 11.5. The van der Waals surface area contributed by atoms with Crippen molar-refractivity contribution >= 4 is 0 Å². The molecule has 1 aromatic heterocycles. The minimum Gasteiger partial charge on any atom is -0.317 e. The molecule has 0 saturated carbocycles. The van der Waals surface area contributed by atoms with E-state index >= 15 is 0 Å². The quantitative estimate of drug-likeness (QED) is 0.914. The molecule has 3 nitrogen and oxygen atoms in total. The maximum Gasteiger partial charge on any atom is 0.0568 e. The minimum atomic E-state index is 0.770. The first-order chi connectivity index (χ1) is 9.31. The summed E-state index contributed by atoms with van der Waals surface area (Å²) in [6.45, 7) is 5.48. The lowest BCUT2D eigenvalue weighted by atomic mass is 9.98. The fourth-order valence-electron chi connectivity index (χ4n) is 2.77. The van der Waals surface area contributed by atoms with Crippen LogP contribution in [0.5, 0.6) is 0 Å². The Morgan fingerprint density at radius 2 is 2.11 bits per heavy atom. The van der Waals surface area contributed by atoms with Gasteiger partial charge in [0.05, 0.1) is 6.20 Å². The monoisotopic (exact) mass is 255 g/mol. The highest BCUT2D eigenvalue weighted by molar-refractivity contribution is 5.62. The molecule has 1 fully saturated rings. The fourth-order valence-corrected chi connectivity index (χ4v) is 2.77. The number of hydrogen-bond donors (Lipinski definition) is 1. The predicted octanol–water partition coefficient (Wildman–Crippen LogP) is 2.86. The maximum atomic E-state index is 4.51. The number of rotatable bonds is 3. The molecule has 0 unspecified atom stereocenters. The number of aryl methyl sites for hydroxylation is 1. The van der Waals surface area contributed by atoms with Gasteiger partial charge in [-0.3, -0.25) is 4.68 Å². The predicted molar refractivity (Wildman–Crippen MR) is 78.0 cm³/mol. The van der Waals surface area contributed by atoms with Crippen LogP contribution < -0.4 is 5.32 Å². The van der Waals surface area contributed by atoms with E-state index < -0.39 is 0 Å². The van der Waals surface area contributed by atoms with E-state index in [2.05, 4.69) is 52.5 Å². The van der Waals surface area contributed by atoms with Crippen molar-refractivity contribution in [3.05, 3.63) is 42.2 Å². The van der Waals surface area contributed by atoms with Gasteiger partial charge >= 0.3 is 0 Å². The largest absolute Gasteiger partial charge is 0.317 e. The number of nitrogens with zero attached hydrogens (tertiary/aromatic N) is 2. The second kappa shape index (κ2) is 5.57. The molecular formula is C16H21N3. The molecular weight excluding hydrogens is 234 g/mol. The SMILES string of the molecule is Cc1cccc(-c2cnn(CC3CCNCC3)c2)c1. The third-order valence-corrected chi connectivity index (χ3v) is 3.89. The van der Waals surface area contributed by atoms with Gasteiger partial charge in [-0.2, -0.15) is 5.10 Å². The molecule has 1 aliphatic heterocycles. The van der Waals surface area contributed by atoms with E-state index in [9.17, 15) is 0 Å². The average molecular weight is 255 g/mol. The number of aromatic nitrogens is 2. The van der Waals surface area contributed by atoms with Crippen LogP contribution in [0, 0.1) is 12.8 Å². The molecule has 1 saturated heterocycles. The molecule has 1 aliphatic rings. The Morgan fingerprint density at radius 3 is 2.89 bits per heavy atom. The number of nitrogens with one attached hydrogen (secondary N) is 1. The van der Waals surface area contributed by atoms with Gasteiger partial charge < -0.3 is 5.32 Å². The molecule has 3 rings (SSSR count). The van der Waals surface area contributed by atoms with E-state index in [-0.39, 0.29) is 0 Å². The molecule has 19 heavy (non-hydrogen) atoms. The van der Waals surface area contributed by atoms with Crippen LogP contribution in [0.25, 0.3) is 11.1 Å². The van der Waals surface area contributed by atoms with Gasteiger partial charge in [0.15, 0.2) is 0 Å². The molecule has 100 valence electrons. The van der Waals surface area contributed by atoms with Crippen LogP contribution in [-0.2, 0) is 6.54 Å². The van der Waals surface area contributed by atoms with Crippen molar-refractivity contribution in [1.29, 1.82) is 0 Å². The molecule has 0 atom stereocenters. The number of piperidine rings is 1. The molecule has 3 heteroatoms. The molecule has 0 aliphatic carbocycles. The summed E-state index contributed by atoms with van der Waals surface area (Å²) in [6.07, 6.45) is 6.69. The number of hydrogen-bond acceptors (Lipinski definition) is 2. The van der Waals surface area contributed by atoms with Crippen molar-refractivity contribution in [3.8, 4) is 11.1 Å². The second-order valence-electron chi connectivity index (χ2n) is 5.51. The van der Waals surface area contributed by atoms with E-state index in [0.29, 0.717) is 0 Å². The number of benzene rings is 1. The van der Waals surface area contributed by atoms with Crippen LogP contribution in [0.1, 0.15) is 18.4 Å². The first-order valence-corrected chi connectivity index (χ1v) is 7.11. The molecule has 2 aromatic rings. The highest BCUT2D eigenvalue weighted by atomic mass is 15.3. The summed E-state index contributed by atoms with van der Waals surface area (Å²) in [5.41, 5.74) is 3.78. The third kappa shape index (κ3) is 3.04. The Morgan fingerprint density at radius 1 is 1.26 bits per heavy atom. The molecule has 0 radical (unpaired) electrons. The zero-order chi connectivity index (χ0) is 13.1. The maximum absolute atomic E-state index is 4.51. The van der Waals surface area contributed by atoms with Crippen molar-refractivity contribution in [2.24, 2.45) is 5.92 Å². The Labute approximate surface area is 114 Å². The van der Waals surface area contributed by atoms with Crippen LogP contribution >= 0.6 is 0 Å². The van der Waals surface area contributed by atoms with Crippen molar-refractivity contribution in [2.45, 2.75) is 26.3 Å². The van der Waals surface area contributed by atoms with E-state index in [1.807, 2.05) is 6.20 Å². The Balaban J connectivity index is 1.72. The lowest BCUT2D eigenvalue weighted by Crippen LogP contribution is -2.29. The second-order valence-corrected chi connectivity index (χ2v) is 5.51. The Kier molecular flexibility index (Phi) is 3.65. The summed E-state index contributed by atoms with van der Waals surface area (Å²) in [6, 6.07) is 8.60. The highest BCUT2D eigenvalue weighted by Gasteiger charge is 2.14. The van der Waals surface area contributed by atoms with Crippen molar-refractivity contribution in [3.63, 3.8) is 0 Å². The third-order valence-electron chi connectivity index (χ3n) is 3.89. The van der Waals surface area contributed by atoms with Crippen molar-refractivity contribution in [1.82, 2.24) is 15.1 Å². The summed E-state index contributed by atoms with van der Waals surface area (Å²) < 4.78 is 2.10. The molecule has 2 heterocycles. The van der Waals surface area contributed by atoms with Crippen molar-refractivity contribution < 1.29 is 0 Å². The van der Waals surface area contributed by atoms with E-state index in [1.54, 1.807) is 0 Å². The Bertz CT molecular complexity index is 538. The van der Waals surface area contributed by atoms with Crippen LogP contribution in [0.3, 0.4) is 0 Å². The normalized spacial score (nSPS) is 16.7. The standard InChI is InChI=1S/C16H21N3/c1-13-3-2-4-15(9-13)16-10-18-19(12-16)11-14-5-7-17-8-6-14/h2-4,9-10,12,14,17H,5-8,11H2,1H3. The summed E-state index contributed by atoms with van der Waals surface area (Å²) >= 11 is 0. The summed E-state index contributed by atoms with van der Waals surface area (Å²) in [5.74, 6) is 0.770. The van der Waals surface area contributed by atoms with Gasteiger partial charge in [-0.15, -0.1) is 0 Å². The molecule has 0 amide bonds. The highest BCUT2D eigenvalue weighted by Crippen LogP contribution is 2.21. The minimum absolute atomic E-state index is 0.770. The molecule has 1 aromatic carbocycles. The van der Waals surface area contributed by atoms with Crippen molar-refractivity contribution in [2.75, 3.05) is 13.1 Å². The fraction of sp³-hybridized carbons (Fsp3) is 0.438. The topological polar surface area (TPSA) is 29.9 Å². The van der Waals surface area contributed by atoms with Gasteiger partial charge in [-0.05, 0) is 44.3 Å². The van der Waals surface area contributed by atoms with Gasteiger partial charge in [0.25, 0.3) is 0 Å². The molecule has 0 bridgehead atoms. The van der Waals surface area contributed by atoms with E-state index in [1.165, 1.54) is 29.5 Å². The molecule has 1 N–H and O–H groups in total. The van der Waals surface area contributed by atoms with Gasteiger partial charge in [0, 0.05) is 18.3 Å². The smallest absolute Gasteiger partial charge is 0.0568 e. The van der Waals surface area contributed by atoms with E-state index in [4.69, 9.17) is 0 Å². The lowest BCUT2D eigenvalue weighted by Gasteiger charge is -2.22. The Hall–Kier alpha value is -1.61. The van der Waals surface area contributed by atoms with E-state index in [0.717, 1.165) is 25.6 Å². The van der Waals surface area contributed by atoms with Gasteiger partial charge in [-0.1, -0.05) is 29.8 Å². The van der Waals surface area contributed by atoms with Gasteiger partial charge in [0.1, 0.15) is 0 Å². The van der Waals surface area contributed by atoms with Crippen LogP contribution in [0.4, 0.5) is 0 Å². The summed E-state index contributed by atoms with van der Waals surface area (Å²) in [5, 5.41) is 7.92. The van der Waals surface area contributed by atoms with Crippen LogP contribution in [0.2, 0.25) is 0 Å². The molecule has 0 spiro atoms. The summed E-state index contributed by atoms with van der Waals surface area (Å²) in [7, 11) is 0. The first-order valence-electron chi connectivity index (χ1n) is 7.11. The van der Waals surface area contributed by atoms with Gasteiger partial charge in [-0.25, -0.2) is 0 Å². The average Bonchev–Trinajstić information content (AvgIpc) is 2.88. The zero-order valence-electron chi connectivity index (χ0n) is 11.5. The van der Waals surface area contributed by atoms with Gasteiger partial charge in [0.2, 0.25) is 0 Å². The summed E-state index contributed by atoms with van der Waals surface area (Å²) in [4.78, 5) is 0. The van der Waals surface area contributed by atoms with Crippen LogP contribution in [0.15, 0.2) is 36.7 Å².